The van der Waals surface area contributed by atoms with Gasteiger partial charge in [-0.3, -0.25) is 0 Å². The number of hydrogen-bond donors (Lipinski definition) is 1. The molecule has 0 saturated carbocycles. The molecule has 28 heavy (non-hydrogen) atoms. The second-order valence-electron chi connectivity index (χ2n) is 6.50. The molecule has 0 radical (unpaired) electrons. The smallest absolute Gasteiger partial charge is 0.139 e. The lowest BCUT2D eigenvalue weighted by Crippen LogP contribution is -1.98. The molecule has 0 bridgehead atoms. The van der Waals surface area contributed by atoms with Gasteiger partial charge in [0.1, 0.15) is 17.3 Å². The first kappa shape index (κ1) is 17.0. The van der Waals surface area contributed by atoms with Crippen molar-refractivity contribution in [3.05, 3.63) is 84.2 Å². The molecule has 0 amide bonds. The van der Waals surface area contributed by atoms with Gasteiger partial charge in [-0.05, 0) is 41.8 Å². The van der Waals surface area contributed by atoms with Gasteiger partial charge in [0.25, 0.3) is 0 Å². The summed E-state index contributed by atoms with van der Waals surface area (Å²) in [5.41, 5.74) is 2.08. The maximum absolute atomic E-state index is 14.6. The maximum Gasteiger partial charge on any atom is 0.139 e. The number of halogens is 2. The summed E-state index contributed by atoms with van der Waals surface area (Å²) in [5, 5.41) is 10.4. The summed E-state index contributed by atoms with van der Waals surface area (Å²) >= 11 is 1.67. The number of aromatic nitrogens is 2. The van der Waals surface area contributed by atoms with Crippen molar-refractivity contribution in [2.75, 3.05) is 0 Å². The van der Waals surface area contributed by atoms with Crippen LogP contribution in [0.1, 0.15) is 5.56 Å². The van der Waals surface area contributed by atoms with Gasteiger partial charge < -0.3 is 9.51 Å². The van der Waals surface area contributed by atoms with Gasteiger partial charge in [0, 0.05) is 33.8 Å². The van der Waals surface area contributed by atoms with Gasteiger partial charge >= 0.3 is 0 Å². The van der Waals surface area contributed by atoms with E-state index in [9.17, 15) is 13.9 Å². The first-order chi connectivity index (χ1) is 13.6. The number of nitrogens with zero attached hydrogens (tertiary/aromatic N) is 2. The van der Waals surface area contributed by atoms with Crippen LogP contribution in [0.3, 0.4) is 0 Å². The molecule has 5 rings (SSSR count). The molecule has 0 spiro atoms. The van der Waals surface area contributed by atoms with Crippen LogP contribution in [-0.4, -0.2) is 14.5 Å². The Morgan fingerprint density at radius 2 is 1.86 bits per heavy atom. The van der Waals surface area contributed by atoms with E-state index >= 15 is 0 Å². The van der Waals surface area contributed by atoms with Crippen LogP contribution in [0.5, 0.6) is 0 Å². The lowest BCUT2D eigenvalue weighted by Gasteiger charge is -2.08. The van der Waals surface area contributed by atoms with Crippen LogP contribution < -0.4 is 0 Å². The zero-order valence-electron chi connectivity index (χ0n) is 14.6. The minimum Gasteiger partial charge on any atom is -0.391 e. The monoisotopic (exact) mass is 392 g/mol. The van der Waals surface area contributed by atoms with Gasteiger partial charge in [-0.1, -0.05) is 18.2 Å². The van der Waals surface area contributed by atoms with Crippen LogP contribution >= 0.6 is 11.3 Å². The molecule has 138 valence electrons. The van der Waals surface area contributed by atoms with E-state index in [4.69, 9.17) is 0 Å². The van der Waals surface area contributed by atoms with E-state index < -0.39 is 18.2 Å². The topological polar surface area (TPSA) is 37.5 Å². The molecule has 0 aliphatic rings. The molecule has 3 aromatic heterocycles. The Bertz CT molecular complexity index is 1310. The fourth-order valence-electron chi connectivity index (χ4n) is 3.34. The molecule has 3 heterocycles. The second-order valence-corrected chi connectivity index (χ2v) is 7.59. The number of hydrogen-bond acceptors (Lipinski definition) is 3. The van der Waals surface area contributed by atoms with E-state index in [2.05, 4.69) is 23.2 Å². The number of aliphatic hydroxyl groups is 1. The van der Waals surface area contributed by atoms with Gasteiger partial charge in [-0.25, -0.2) is 13.8 Å². The van der Waals surface area contributed by atoms with Crippen LogP contribution in [-0.2, 0) is 6.61 Å². The van der Waals surface area contributed by atoms with Gasteiger partial charge in [-0.2, -0.15) is 0 Å². The molecule has 0 fully saturated rings. The number of fused-ring (bicyclic) bond motifs is 2. The number of rotatable bonds is 3. The van der Waals surface area contributed by atoms with Gasteiger partial charge in [0.05, 0.1) is 17.2 Å². The van der Waals surface area contributed by atoms with Gasteiger partial charge in [-0.15, -0.1) is 11.3 Å². The van der Waals surface area contributed by atoms with Crippen molar-refractivity contribution in [2.45, 2.75) is 6.61 Å². The highest BCUT2D eigenvalue weighted by Crippen LogP contribution is 2.33. The predicted octanol–water partition coefficient (Wildman–Crippen LogP) is 5.65. The summed E-state index contributed by atoms with van der Waals surface area (Å²) in [7, 11) is 0. The molecule has 1 N–H and O–H groups in total. The summed E-state index contributed by atoms with van der Waals surface area (Å²) < 4.78 is 31.3. The van der Waals surface area contributed by atoms with E-state index in [1.165, 1.54) is 22.2 Å². The van der Waals surface area contributed by atoms with Crippen LogP contribution in [0.15, 0.2) is 67.0 Å². The second kappa shape index (κ2) is 6.51. The van der Waals surface area contributed by atoms with Gasteiger partial charge in [0.2, 0.25) is 0 Å². The standard InChI is InChI=1S/C22H14F2N2OS/c23-17-7-6-15(22(24)16(17)12-27)14-5-8-21-25-18(11-26(21)10-14)20-9-13-3-1-2-4-19(13)28-20/h1-11,27H,12H2. The Hall–Kier alpha value is -3.09. The van der Waals surface area contributed by atoms with Crippen molar-refractivity contribution < 1.29 is 13.9 Å². The van der Waals surface area contributed by atoms with E-state index in [1.807, 2.05) is 22.7 Å². The van der Waals surface area contributed by atoms with Crippen molar-refractivity contribution in [3.8, 4) is 21.7 Å². The highest BCUT2D eigenvalue weighted by Gasteiger charge is 2.15. The minimum absolute atomic E-state index is 0.240. The number of benzene rings is 2. The average molecular weight is 392 g/mol. The fourth-order valence-corrected chi connectivity index (χ4v) is 4.36. The molecule has 6 heteroatoms. The summed E-state index contributed by atoms with van der Waals surface area (Å²) in [6.45, 7) is -0.686. The molecule has 3 nitrogen and oxygen atoms in total. The summed E-state index contributed by atoms with van der Waals surface area (Å²) in [6, 6.07) is 16.4. The third-order valence-electron chi connectivity index (χ3n) is 4.78. The fraction of sp³-hybridized carbons (Fsp3) is 0.0455. The van der Waals surface area contributed by atoms with Crippen molar-refractivity contribution >= 4 is 27.1 Å². The van der Waals surface area contributed by atoms with E-state index in [-0.39, 0.29) is 11.1 Å². The molecule has 0 aliphatic carbocycles. The lowest BCUT2D eigenvalue weighted by atomic mass is 10.0. The Labute approximate surface area is 163 Å². The largest absolute Gasteiger partial charge is 0.391 e. The Balaban J connectivity index is 1.61. The van der Waals surface area contributed by atoms with Crippen LogP contribution in [0, 0.1) is 11.6 Å². The number of imidazole rings is 1. The Kier molecular flexibility index (Phi) is 3.96. The first-order valence-electron chi connectivity index (χ1n) is 8.70. The maximum atomic E-state index is 14.6. The minimum atomic E-state index is -0.750. The molecule has 2 aromatic carbocycles. The lowest BCUT2D eigenvalue weighted by molar-refractivity contribution is 0.269. The highest BCUT2D eigenvalue weighted by atomic mass is 32.1. The third kappa shape index (κ3) is 2.69. The summed E-state index contributed by atoms with van der Waals surface area (Å²) in [5.74, 6) is -1.49. The quantitative estimate of drug-likeness (QED) is 0.431. The molecule has 0 aliphatic heterocycles. The Morgan fingerprint density at radius 3 is 2.68 bits per heavy atom. The predicted molar refractivity (Wildman–Crippen MR) is 107 cm³/mol. The van der Waals surface area contributed by atoms with E-state index in [0.717, 1.165) is 16.2 Å². The first-order valence-corrected chi connectivity index (χ1v) is 9.51. The zero-order valence-corrected chi connectivity index (χ0v) is 15.4. The van der Waals surface area contributed by atoms with Crippen molar-refractivity contribution in [1.29, 1.82) is 0 Å². The van der Waals surface area contributed by atoms with Crippen LogP contribution in [0.25, 0.3) is 37.4 Å². The molecule has 5 aromatic rings. The number of thiophene rings is 1. The normalized spacial score (nSPS) is 11.5. The van der Waals surface area contributed by atoms with E-state index in [1.54, 1.807) is 29.7 Å². The summed E-state index contributed by atoms with van der Waals surface area (Å²) in [4.78, 5) is 5.72. The van der Waals surface area contributed by atoms with Crippen LogP contribution in [0.4, 0.5) is 8.78 Å². The van der Waals surface area contributed by atoms with Crippen molar-refractivity contribution in [1.82, 2.24) is 9.38 Å². The van der Waals surface area contributed by atoms with Crippen LogP contribution in [0.2, 0.25) is 0 Å². The summed E-state index contributed by atoms with van der Waals surface area (Å²) in [6.07, 6.45) is 3.66. The van der Waals surface area contributed by atoms with Crippen molar-refractivity contribution in [2.24, 2.45) is 0 Å². The molecule has 0 saturated heterocycles. The number of pyridine rings is 1. The van der Waals surface area contributed by atoms with Crippen molar-refractivity contribution in [3.63, 3.8) is 0 Å². The third-order valence-corrected chi connectivity index (χ3v) is 5.92. The average Bonchev–Trinajstić information content (AvgIpc) is 3.31. The van der Waals surface area contributed by atoms with Gasteiger partial charge in [0.15, 0.2) is 0 Å². The zero-order chi connectivity index (χ0) is 19.3. The molecular formula is C22H14F2N2OS. The number of aliphatic hydroxyl groups excluding tert-OH is 1. The van der Waals surface area contributed by atoms with E-state index in [0.29, 0.717) is 5.56 Å². The molecular weight excluding hydrogens is 378 g/mol. The SMILES string of the molecule is OCc1c(F)ccc(-c2ccc3nc(-c4cc5ccccc5s4)cn3c2)c1F. The highest BCUT2D eigenvalue weighted by molar-refractivity contribution is 7.22. The molecule has 0 atom stereocenters. The molecule has 0 unspecified atom stereocenters. The Morgan fingerprint density at radius 1 is 1.00 bits per heavy atom.